The molecule has 43 heavy (non-hydrogen) atoms. The molecule has 0 spiro atoms. The molecule has 0 aliphatic carbocycles. The molecule has 1 amide bonds. The summed E-state index contributed by atoms with van der Waals surface area (Å²) in [6.45, 7) is 0.379. The Morgan fingerprint density at radius 2 is 1.23 bits per heavy atom. The van der Waals surface area contributed by atoms with Gasteiger partial charge in [-0.2, -0.15) is 4.99 Å². The molecule has 0 unspecified atom stereocenters. The molecule has 6 rings (SSSR count). The number of anilines is 3. The topological polar surface area (TPSA) is 62.2 Å². The number of amides is 1. The first-order valence-corrected chi connectivity index (χ1v) is 14.1. The zero-order valence-electron chi connectivity index (χ0n) is 23.4. The average Bonchev–Trinajstić information content (AvgIpc) is 3.35. The van der Waals surface area contributed by atoms with Crippen molar-refractivity contribution in [2.24, 2.45) is 4.99 Å². The highest BCUT2D eigenvalue weighted by Crippen LogP contribution is 2.34. The third-order valence-corrected chi connectivity index (χ3v) is 7.11. The van der Waals surface area contributed by atoms with Crippen molar-refractivity contribution in [3.8, 4) is 0 Å². The molecule has 0 radical (unpaired) electrons. The van der Waals surface area contributed by atoms with Crippen LogP contribution >= 0.6 is 0 Å². The van der Waals surface area contributed by atoms with E-state index in [9.17, 15) is 9.59 Å². The molecule has 5 aromatic carbocycles. The Morgan fingerprint density at radius 3 is 1.86 bits per heavy atom. The van der Waals surface area contributed by atoms with E-state index in [1.807, 2.05) is 91.0 Å². The van der Waals surface area contributed by atoms with E-state index in [0.717, 1.165) is 34.5 Å². The van der Waals surface area contributed by atoms with Crippen molar-refractivity contribution in [2.45, 2.75) is 6.42 Å². The van der Waals surface area contributed by atoms with Crippen LogP contribution in [0.4, 0.5) is 22.7 Å². The molecule has 1 aliphatic heterocycles. The van der Waals surface area contributed by atoms with Crippen molar-refractivity contribution in [3.63, 3.8) is 0 Å². The molecule has 6 nitrogen and oxygen atoms in total. The van der Waals surface area contributed by atoms with Crippen molar-refractivity contribution in [2.75, 3.05) is 11.4 Å². The molecule has 1 fully saturated rings. The van der Waals surface area contributed by atoms with E-state index < -0.39 is 0 Å². The Labute approximate surface area is 250 Å². The van der Waals surface area contributed by atoms with Gasteiger partial charge in [-0.3, -0.25) is 14.5 Å². The number of rotatable bonds is 9. The quantitative estimate of drug-likeness (QED) is 0.134. The number of para-hydroxylation sites is 3. The van der Waals surface area contributed by atoms with Crippen molar-refractivity contribution < 1.29 is 14.3 Å². The van der Waals surface area contributed by atoms with Gasteiger partial charge in [-0.25, -0.2) is 0 Å². The average molecular weight is 564 g/mol. The minimum Gasteiger partial charge on any atom is -0.419 e. The molecule has 0 atom stereocenters. The number of carbonyl (C=O) groups excluding carboxylic acids is 2. The van der Waals surface area contributed by atoms with Crippen LogP contribution in [0.5, 0.6) is 0 Å². The number of nitrogens with zero attached hydrogens (tertiary/aromatic N) is 3. The molecule has 1 heterocycles. The Morgan fingerprint density at radius 1 is 0.674 bits per heavy atom. The molecule has 0 aromatic heterocycles. The van der Waals surface area contributed by atoms with E-state index >= 15 is 0 Å². The van der Waals surface area contributed by atoms with Crippen LogP contribution in [0.25, 0.3) is 6.08 Å². The number of aliphatic imine (C=N–C) groups is 1. The minimum atomic E-state index is -0.280. The summed E-state index contributed by atoms with van der Waals surface area (Å²) in [4.78, 5) is 33.5. The summed E-state index contributed by atoms with van der Waals surface area (Å²) in [5.41, 5.74) is 5.83. The zero-order valence-corrected chi connectivity index (χ0v) is 23.4. The van der Waals surface area contributed by atoms with Gasteiger partial charge >= 0.3 is 6.02 Å². The lowest BCUT2D eigenvalue weighted by molar-refractivity contribution is -0.122. The SMILES string of the molecule is O=Cc1ccccc1/N=C1/O/C(=C/c2ccc(N(c3ccccc3)c3ccccc3)cc2)C(=O)N1CCc1ccccc1. The van der Waals surface area contributed by atoms with E-state index in [-0.39, 0.29) is 17.7 Å². The van der Waals surface area contributed by atoms with Gasteiger partial charge in [-0.15, -0.1) is 0 Å². The smallest absolute Gasteiger partial charge is 0.305 e. The fourth-order valence-corrected chi connectivity index (χ4v) is 4.94. The number of hydrogen-bond donors (Lipinski definition) is 0. The molecule has 0 N–H and O–H groups in total. The van der Waals surface area contributed by atoms with Gasteiger partial charge < -0.3 is 9.64 Å². The van der Waals surface area contributed by atoms with Gasteiger partial charge in [0.25, 0.3) is 5.91 Å². The highest BCUT2D eigenvalue weighted by molar-refractivity contribution is 6.12. The fraction of sp³-hybridized carbons (Fsp3) is 0.0541. The summed E-state index contributed by atoms with van der Waals surface area (Å²) in [5, 5.41) is 0. The van der Waals surface area contributed by atoms with Crippen LogP contribution < -0.4 is 4.90 Å². The van der Waals surface area contributed by atoms with E-state index in [0.29, 0.717) is 24.2 Å². The predicted molar refractivity (Wildman–Crippen MR) is 171 cm³/mol. The summed E-state index contributed by atoms with van der Waals surface area (Å²) in [7, 11) is 0. The molecular weight excluding hydrogens is 534 g/mol. The third-order valence-electron chi connectivity index (χ3n) is 7.11. The van der Waals surface area contributed by atoms with Crippen molar-refractivity contribution in [3.05, 3.63) is 162 Å². The maximum atomic E-state index is 13.6. The molecule has 210 valence electrons. The number of aldehydes is 1. The fourth-order valence-electron chi connectivity index (χ4n) is 4.94. The zero-order chi connectivity index (χ0) is 29.4. The molecular formula is C37H29N3O3. The second-order valence-corrected chi connectivity index (χ2v) is 9.97. The van der Waals surface area contributed by atoms with Crippen molar-refractivity contribution >= 4 is 47.0 Å². The molecule has 0 saturated carbocycles. The van der Waals surface area contributed by atoms with Crippen LogP contribution in [0.1, 0.15) is 21.5 Å². The summed E-state index contributed by atoms with van der Waals surface area (Å²) in [5.74, 6) is -0.108. The summed E-state index contributed by atoms with van der Waals surface area (Å²) in [6.07, 6.45) is 3.10. The molecule has 5 aromatic rings. The summed E-state index contributed by atoms with van der Waals surface area (Å²) < 4.78 is 6.06. The molecule has 0 bridgehead atoms. The van der Waals surface area contributed by atoms with Crippen molar-refractivity contribution in [1.29, 1.82) is 0 Å². The summed E-state index contributed by atoms with van der Waals surface area (Å²) >= 11 is 0. The Bertz CT molecular complexity index is 1730. The first-order valence-electron chi connectivity index (χ1n) is 14.1. The lowest BCUT2D eigenvalue weighted by Gasteiger charge is -2.25. The minimum absolute atomic E-state index is 0.150. The van der Waals surface area contributed by atoms with Gasteiger partial charge in [0.05, 0.1) is 5.69 Å². The lowest BCUT2D eigenvalue weighted by atomic mass is 10.1. The van der Waals surface area contributed by atoms with E-state index in [1.54, 1.807) is 30.3 Å². The number of amidine groups is 1. The second-order valence-electron chi connectivity index (χ2n) is 9.97. The Kier molecular flexibility index (Phi) is 8.18. The van der Waals surface area contributed by atoms with Gasteiger partial charge in [-0.1, -0.05) is 91.0 Å². The normalized spacial score (nSPS) is 14.6. The van der Waals surface area contributed by atoms with Gasteiger partial charge in [0.1, 0.15) is 0 Å². The molecule has 1 aliphatic rings. The monoisotopic (exact) mass is 563 g/mol. The number of carbonyl (C=O) groups is 2. The highest BCUT2D eigenvalue weighted by Gasteiger charge is 2.35. The van der Waals surface area contributed by atoms with Gasteiger partial charge in [0.15, 0.2) is 12.0 Å². The van der Waals surface area contributed by atoms with Crippen LogP contribution in [0, 0.1) is 0 Å². The van der Waals surface area contributed by atoms with Gasteiger partial charge in [0, 0.05) is 29.2 Å². The largest absolute Gasteiger partial charge is 0.419 e. The van der Waals surface area contributed by atoms with Crippen LogP contribution in [0.2, 0.25) is 0 Å². The highest BCUT2D eigenvalue weighted by atomic mass is 16.5. The van der Waals surface area contributed by atoms with Gasteiger partial charge in [0.2, 0.25) is 0 Å². The van der Waals surface area contributed by atoms with Crippen LogP contribution in [0.3, 0.4) is 0 Å². The maximum Gasteiger partial charge on any atom is 0.305 e. The third kappa shape index (κ3) is 6.29. The summed E-state index contributed by atoms with van der Waals surface area (Å²) in [6, 6.07) is 45.4. The Hall–Kier alpha value is -5.75. The van der Waals surface area contributed by atoms with E-state index in [4.69, 9.17) is 4.74 Å². The van der Waals surface area contributed by atoms with Crippen LogP contribution in [-0.2, 0) is 16.0 Å². The van der Waals surface area contributed by atoms with Crippen molar-refractivity contribution in [1.82, 2.24) is 4.90 Å². The second kappa shape index (κ2) is 12.8. The first kappa shape index (κ1) is 27.4. The predicted octanol–water partition coefficient (Wildman–Crippen LogP) is 8.10. The lowest BCUT2D eigenvalue weighted by Crippen LogP contribution is -2.31. The molecule has 6 heteroatoms. The molecule has 1 saturated heterocycles. The number of hydrogen-bond acceptors (Lipinski definition) is 5. The Balaban J connectivity index is 1.30. The standard InChI is InChI=1S/C37H29N3O3/c41-27-30-14-10-11-19-34(30)38-37-39(25-24-28-12-4-1-5-13-28)36(42)35(43-37)26-29-20-22-33(23-21-29)40(31-15-6-2-7-16-31)32-17-8-3-9-18-32/h1-23,26-27H,24-25H2/b35-26+,38-37+. The van der Waals surface area contributed by atoms with E-state index in [1.165, 1.54) is 4.90 Å². The van der Waals surface area contributed by atoms with Gasteiger partial charge in [-0.05, 0) is 72.2 Å². The van der Waals surface area contributed by atoms with E-state index in [2.05, 4.69) is 34.2 Å². The first-order chi connectivity index (χ1) is 21.2. The van der Waals surface area contributed by atoms with Crippen LogP contribution in [-0.4, -0.2) is 29.7 Å². The van der Waals surface area contributed by atoms with Crippen LogP contribution in [0.15, 0.2) is 150 Å². The maximum absolute atomic E-state index is 13.6. The number of ether oxygens (including phenoxy) is 1. The number of benzene rings is 5.